The van der Waals surface area contributed by atoms with Crippen molar-refractivity contribution < 1.29 is 14.3 Å². The second-order valence-electron chi connectivity index (χ2n) is 3.39. The van der Waals surface area contributed by atoms with Gasteiger partial charge in [-0.25, -0.2) is 14.6 Å². The Balaban J connectivity index is 3.99. The molecule has 0 bridgehead atoms. The zero-order chi connectivity index (χ0) is 11.7. The smallest absolute Gasteiger partial charge is 0.330 e. The van der Waals surface area contributed by atoms with Crippen LogP contribution in [0.4, 0.5) is 0 Å². The highest BCUT2D eigenvalue weighted by molar-refractivity contribution is 5.81. The Morgan fingerprint density at radius 3 is 2.80 bits per heavy atom. The van der Waals surface area contributed by atoms with Crippen LogP contribution in [0.3, 0.4) is 0 Å². The van der Waals surface area contributed by atoms with E-state index in [1.54, 1.807) is 0 Å². The Morgan fingerprint density at radius 2 is 2.33 bits per heavy atom. The SMILES string of the molecule is C=CC(=O)OC(C)CC(CC)CN=C=O. The van der Waals surface area contributed by atoms with Crippen LogP contribution in [0.2, 0.25) is 0 Å². The number of nitrogens with zero attached hydrogens (tertiary/aromatic N) is 1. The molecule has 2 unspecified atom stereocenters. The first-order valence-corrected chi connectivity index (χ1v) is 5.00. The first kappa shape index (κ1) is 13.6. The molecule has 15 heavy (non-hydrogen) atoms. The van der Waals surface area contributed by atoms with E-state index in [1.807, 2.05) is 13.8 Å². The van der Waals surface area contributed by atoms with Crippen molar-refractivity contribution in [2.45, 2.75) is 32.8 Å². The number of carbonyl (C=O) groups excluding carboxylic acids is 2. The number of isocyanates is 1. The molecule has 84 valence electrons. The molecule has 0 N–H and O–H groups in total. The lowest BCUT2D eigenvalue weighted by atomic mass is 9.99. The minimum Gasteiger partial charge on any atom is -0.460 e. The van der Waals surface area contributed by atoms with Gasteiger partial charge < -0.3 is 4.74 Å². The van der Waals surface area contributed by atoms with Gasteiger partial charge in [0.1, 0.15) is 0 Å². The van der Waals surface area contributed by atoms with Gasteiger partial charge in [-0.05, 0) is 19.3 Å². The predicted octanol–water partition coefficient (Wildman–Crippen LogP) is 1.86. The van der Waals surface area contributed by atoms with Crippen molar-refractivity contribution >= 4 is 12.0 Å². The van der Waals surface area contributed by atoms with E-state index in [0.717, 1.165) is 12.5 Å². The summed E-state index contributed by atoms with van der Waals surface area (Å²) >= 11 is 0. The molecular formula is C11H17NO3. The van der Waals surface area contributed by atoms with Crippen LogP contribution in [0, 0.1) is 5.92 Å². The fraction of sp³-hybridized carbons (Fsp3) is 0.636. The molecule has 0 radical (unpaired) electrons. The van der Waals surface area contributed by atoms with Gasteiger partial charge >= 0.3 is 5.97 Å². The van der Waals surface area contributed by atoms with Gasteiger partial charge in [-0.15, -0.1) is 0 Å². The largest absolute Gasteiger partial charge is 0.460 e. The standard InChI is InChI=1S/C11H17NO3/c1-4-10(7-12-8-13)6-9(3)15-11(14)5-2/h5,9-10H,2,4,6-7H2,1,3H3. The minimum atomic E-state index is -0.420. The average Bonchev–Trinajstić information content (AvgIpc) is 2.23. The molecule has 0 saturated heterocycles. The Hall–Kier alpha value is -1.41. The van der Waals surface area contributed by atoms with Gasteiger partial charge in [0, 0.05) is 6.08 Å². The summed E-state index contributed by atoms with van der Waals surface area (Å²) in [6.45, 7) is 7.58. The molecule has 0 aromatic heterocycles. The number of esters is 1. The summed E-state index contributed by atoms with van der Waals surface area (Å²) in [6.07, 6.45) is 4.06. The van der Waals surface area contributed by atoms with Crippen LogP contribution in [-0.2, 0) is 14.3 Å². The predicted molar refractivity (Wildman–Crippen MR) is 57.1 cm³/mol. The van der Waals surface area contributed by atoms with E-state index in [1.165, 1.54) is 6.08 Å². The van der Waals surface area contributed by atoms with Gasteiger partial charge in [-0.1, -0.05) is 19.9 Å². The Bertz CT molecular complexity index is 257. The van der Waals surface area contributed by atoms with Crippen LogP contribution in [0.15, 0.2) is 17.6 Å². The molecule has 0 heterocycles. The molecule has 2 atom stereocenters. The summed E-state index contributed by atoms with van der Waals surface area (Å²) in [7, 11) is 0. The summed E-state index contributed by atoms with van der Waals surface area (Å²) in [5.74, 6) is -0.171. The Kier molecular flexibility index (Phi) is 7.20. The third kappa shape index (κ3) is 6.63. The first-order valence-electron chi connectivity index (χ1n) is 5.00. The molecule has 0 amide bonds. The molecule has 0 aliphatic rings. The molecule has 0 saturated carbocycles. The highest BCUT2D eigenvalue weighted by Crippen LogP contribution is 2.13. The fourth-order valence-electron chi connectivity index (χ4n) is 1.30. The van der Waals surface area contributed by atoms with Crippen LogP contribution in [0.5, 0.6) is 0 Å². The monoisotopic (exact) mass is 211 g/mol. The maximum absolute atomic E-state index is 10.9. The number of rotatable bonds is 7. The van der Waals surface area contributed by atoms with E-state index >= 15 is 0 Å². The molecule has 0 aliphatic carbocycles. The maximum atomic E-state index is 10.9. The van der Waals surface area contributed by atoms with Crippen molar-refractivity contribution in [1.29, 1.82) is 0 Å². The molecule has 0 fully saturated rings. The molecule has 0 aliphatic heterocycles. The molecule has 0 aromatic carbocycles. The normalized spacial score (nSPS) is 13.5. The lowest BCUT2D eigenvalue weighted by Crippen LogP contribution is -2.18. The molecule has 4 nitrogen and oxygen atoms in total. The molecular weight excluding hydrogens is 194 g/mol. The van der Waals surface area contributed by atoms with Crippen molar-refractivity contribution in [2.24, 2.45) is 10.9 Å². The fourth-order valence-corrected chi connectivity index (χ4v) is 1.30. The summed E-state index contributed by atoms with van der Waals surface area (Å²) in [4.78, 5) is 24.4. The van der Waals surface area contributed by atoms with Crippen molar-refractivity contribution in [3.8, 4) is 0 Å². The Morgan fingerprint density at radius 1 is 1.67 bits per heavy atom. The lowest BCUT2D eigenvalue weighted by Gasteiger charge is -2.17. The summed E-state index contributed by atoms with van der Waals surface area (Å²) in [5, 5.41) is 0. The second-order valence-corrected chi connectivity index (χ2v) is 3.39. The van der Waals surface area contributed by atoms with E-state index in [4.69, 9.17) is 4.74 Å². The Labute approximate surface area is 90.0 Å². The van der Waals surface area contributed by atoms with Gasteiger partial charge in [-0.3, -0.25) is 0 Å². The average molecular weight is 211 g/mol. The highest BCUT2D eigenvalue weighted by atomic mass is 16.5. The van der Waals surface area contributed by atoms with E-state index in [2.05, 4.69) is 11.6 Å². The number of hydrogen-bond acceptors (Lipinski definition) is 4. The topological polar surface area (TPSA) is 55.7 Å². The number of carbonyl (C=O) groups is 1. The van der Waals surface area contributed by atoms with Gasteiger partial charge in [0.2, 0.25) is 6.08 Å². The van der Waals surface area contributed by atoms with Crippen molar-refractivity contribution in [3.63, 3.8) is 0 Å². The van der Waals surface area contributed by atoms with Crippen LogP contribution in [0.25, 0.3) is 0 Å². The number of aliphatic imine (C=N–C) groups is 1. The van der Waals surface area contributed by atoms with E-state index < -0.39 is 5.97 Å². The minimum absolute atomic E-state index is 0.178. The molecule has 0 aromatic rings. The third-order valence-electron chi connectivity index (χ3n) is 2.14. The summed E-state index contributed by atoms with van der Waals surface area (Å²) in [5.41, 5.74) is 0. The zero-order valence-electron chi connectivity index (χ0n) is 9.23. The molecule has 0 rings (SSSR count). The highest BCUT2D eigenvalue weighted by Gasteiger charge is 2.13. The summed E-state index contributed by atoms with van der Waals surface area (Å²) in [6, 6.07) is 0. The maximum Gasteiger partial charge on any atom is 0.330 e. The molecule has 0 spiro atoms. The van der Waals surface area contributed by atoms with Gasteiger partial charge in [0.25, 0.3) is 0 Å². The van der Waals surface area contributed by atoms with Gasteiger partial charge in [0.15, 0.2) is 0 Å². The van der Waals surface area contributed by atoms with Crippen LogP contribution in [0.1, 0.15) is 26.7 Å². The second kappa shape index (κ2) is 7.94. The quantitative estimate of drug-likeness (QED) is 0.279. The third-order valence-corrected chi connectivity index (χ3v) is 2.14. The van der Waals surface area contributed by atoms with Gasteiger partial charge in [-0.2, -0.15) is 0 Å². The molecule has 4 heteroatoms. The van der Waals surface area contributed by atoms with Crippen LogP contribution < -0.4 is 0 Å². The van der Waals surface area contributed by atoms with E-state index in [0.29, 0.717) is 13.0 Å². The number of ether oxygens (including phenoxy) is 1. The van der Waals surface area contributed by atoms with Crippen molar-refractivity contribution in [1.82, 2.24) is 0 Å². The van der Waals surface area contributed by atoms with Crippen LogP contribution in [-0.4, -0.2) is 24.7 Å². The van der Waals surface area contributed by atoms with E-state index in [-0.39, 0.29) is 12.0 Å². The first-order chi connectivity index (χ1) is 7.13. The number of hydrogen-bond donors (Lipinski definition) is 0. The van der Waals surface area contributed by atoms with Gasteiger partial charge in [0.05, 0.1) is 12.6 Å². The van der Waals surface area contributed by atoms with Crippen molar-refractivity contribution in [3.05, 3.63) is 12.7 Å². The lowest BCUT2D eigenvalue weighted by molar-refractivity contribution is -0.142. The van der Waals surface area contributed by atoms with Crippen LogP contribution >= 0.6 is 0 Å². The van der Waals surface area contributed by atoms with Crippen molar-refractivity contribution in [2.75, 3.05) is 6.54 Å². The zero-order valence-corrected chi connectivity index (χ0v) is 9.23. The van der Waals surface area contributed by atoms with E-state index in [9.17, 15) is 9.59 Å². The summed E-state index contributed by atoms with van der Waals surface area (Å²) < 4.78 is 5.01.